The number of nitriles is 1. The normalized spacial score (nSPS) is 11.1. The third-order valence-corrected chi connectivity index (χ3v) is 3.22. The fraction of sp³-hybridized carbons (Fsp3) is 0.267. The molecular weight excluding hydrogens is 252 g/mol. The number of hydrogen-bond donors (Lipinski definition) is 2. The van der Waals surface area contributed by atoms with E-state index in [-0.39, 0.29) is 5.91 Å². The van der Waals surface area contributed by atoms with Crippen LogP contribution in [0.4, 0.5) is 5.69 Å². The van der Waals surface area contributed by atoms with Crippen molar-refractivity contribution in [2.75, 3.05) is 11.9 Å². The van der Waals surface area contributed by atoms with Gasteiger partial charge in [-0.3, -0.25) is 4.79 Å². The van der Waals surface area contributed by atoms with Gasteiger partial charge in [-0.2, -0.15) is 5.26 Å². The van der Waals surface area contributed by atoms with Crippen LogP contribution < -0.4 is 11.1 Å². The van der Waals surface area contributed by atoms with Crippen LogP contribution in [0.25, 0.3) is 10.9 Å². The van der Waals surface area contributed by atoms with E-state index in [1.807, 2.05) is 30.3 Å². The molecule has 0 fully saturated rings. The maximum absolute atomic E-state index is 11.3. The van der Waals surface area contributed by atoms with Gasteiger partial charge in [-0.05, 0) is 26.0 Å². The zero-order valence-corrected chi connectivity index (χ0v) is 11.5. The Morgan fingerprint density at radius 1 is 1.45 bits per heavy atom. The van der Waals surface area contributed by atoms with Crippen molar-refractivity contribution in [2.45, 2.75) is 13.8 Å². The van der Waals surface area contributed by atoms with Crippen LogP contribution in [0.1, 0.15) is 19.5 Å². The Morgan fingerprint density at radius 2 is 2.15 bits per heavy atom. The highest BCUT2D eigenvalue weighted by Gasteiger charge is 2.24. The maximum Gasteiger partial charge on any atom is 0.224 e. The number of pyridine rings is 1. The van der Waals surface area contributed by atoms with Crippen LogP contribution in [0.2, 0.25) is 0 Å². The highest BCUT2D eigenvalue weighted by atomic mass is 16.1. The Labute approximate surface area is 117 Å². The molecule has 102 valence electrons. The van der Waals surface area contributed by atoms with Gasteiger partial charge in [0, 0.05) is 17.6 Å². The standard InChI is InChI=1S/C15H16N4O/c1-15(2,14(17)20)9-18-13-7-10(8-16)19-12-6-4-3-5-11(12)13/h3-7H,9H2,1-2H3,(H2,17,20)(H,18,19). The van der Waals surface area contributed by atoms with E-state index in [9.17, 15) is 4.79 Å². The number of nitrogens with zero attached hydrogens (tertiary/aromatic N) is 2. The van der Waals surface area contributed by atoms with Crippen molar-refractivity contribution in [1.82, 2.24) is 4.98 Å². The summed E-state index contributed by atoms with van der Waals surface area (Å²) in [5.74, 6) is -0.371. The van der Waals surface area contributed by atoms with Crippen molar-refractivity contribution < 1.29 is 4.79 Å². The van der Waals surface area contributed by atoms with Crippen molar-refractivity contribution in [3.63, 3.8) is 0 Å². The first-order chi connectivity index (χ1) is 9.44. The van der Waals surface area contributed by atoms with E-state index in [1.54, 1.807) is 19.9 Å². The fourth-order valence-electron chi connectivity index (χ4n) is 1.78. The molecule has 0 saturated heterocycles. The predicted molar refractivity (Wildman–Crippen MR) is 77.9 cm³/mol. The van der Waals surface area contributed by atoms with Gasteiger partial charge in [0.15, 0.2) is 0 Å². The Kier molecular flexibility index (Phi) is 3.57. The molecule has 1 aromatic carbocycles. The third-order valence-electron chi connectivity index (χ3n) is 3.22. The Morgan fingerprint density at radius 3 is 2.80 bits per heavy atom. The molecule has 2 rings (SSSR count). The SMILES string of the molecule is CC(C)(CNc1cc(C#N)nc2ccccc12)C(N)=O. The van der Waals surface area contributed by atoms with Gasteiger partial charge in [-0.1, -0.05) is 18.2 Å². The van der Waals surface area contributed by atoms with Crippen molar-refractivity contribution in [3.8, 4) is 6.07 Å². The first-order valence-corrected chi connectivity index (χ1v) is 6.28. The Balaban J connectivity index is 2.39. The van der Waals surface area contributed by atoms with Crippen LogP contribution in [-0.2, 0) is 4.79 Å². The van der Waals surface area contributed by atoms with Gasteiger partial charge >= 0.3 is 0 Å². The fourth-order valence-corrected chi connectivity index (χ4v) is 1.78. The molecule has 1 amide bonds. The van der Waals surface area contributed by atoms with E-state index in [1.165, 1.54) is 0 Å². The second-order valence-electron chi connectivity index (χ2n) is 5.29. The minimum absolute atomic E-state index is 0.336. The largest absolute Gasteiger partial charge is 0.383 e. The number of nitrogens with two attached hydrogens (primary N) is 1. The number of carbonyl (C=O) groups is 1. The number of fused-ring (bicyclic) bond motifs is 1. The van der Waals surface area contributed by atoms with E-state index >= 15 is 0 Å². The number of nitrogens with one attached hydrogen (secondary N) is 1. The summed E-state index contributed by atoms with van der Waals surface area (Å²) in [4.78, 5) is 15.6. The minimum Gasteiger partial charge on any atom is -0.383 e. The van der Waals surface area contributed by atoms with E-state index in [0.717, 1.165) is 16.6 Å². The number of carbonyl (C=O) groups excluding carboxylic acids is 1. The summed E-state index contributed by atoms with van der Waals surface area (Å²) in [5, 5.41) is 13.1. The monoisotopic (exact) mass is 268 g/mol. The first kappa shape index (κ1) is 13.8. The molecule has 0 aliphatic carbocycles. The summed E-state index contributed by atoms with van der Waals surface area (Å²) in [5.41, 5.74) is 6.55. The zero-order chi connectivity index (χ0) is 14.8. The van der Waals surface area contributed by atoms with Crippen LogP contribution in [-0.4, -0.2) is 17.4 Å². The average Bonchev–Trinajstić information content (AvgIpc) is 2.44. The van der Waals surface area contributed by atoms with E-state index in [4.69, 9.17) is 11.0 Å². The first-order valence-electron chi connectivity index (χ1n) is 6.28. The van der Waals surface area contributed by atoms with Gasteiger partial charge in [0.25, 0.3) is 0 Å². The number of primary amides is 1. The van der Waals surface area contributed by atoms with Crippen LogP contribution in [0.3, 0.4) is 0 Å². The summed E-state index contributed by atoms with van der Waals surface area (Å²) < 4.78 is 0. The smallest absolute Gasteiger partial charge is 0.224 e. The molecule has 1 heterocycles. The maximum atomic E-state index is 11.3. The molecule has 0 spiro atoms. The van der Waals surface area contributed by atoms with E-state index in [0.29, 0.717) is 12.2 Å². The molecule has 0 aliphatic rings. The Hall–Kier alpha value is -2.61. The number of amides is 1. The zero-order valence-electron chi connectivity index (χ0n) is 11.5. The highest BCUT2D eigenvalue weighted by Crippen LogP contribution is 2.24. The summed E-state index contributed by atoms with van der Waals surface area (Å²) in [6.07, 6.45) is 0. The van der Waals surface area contributed by atoms with Gasteiger partial charge in [0.05, 0.1) is 10.9 Å². The molecule has 0 unspecified atom stereocenters. The lowest BCUT2D eigenvalue weighted by Gasteiger charge is -2.22. The van der Waals surface area contributed by atoms with Crippen LogP contribution in [0, 0.1) is 16.7 Å². The molecule has 0 aliphatic heterocycles. The van der Waals surface area contributed by atoms with Crippen molar-refractivity contribution in [3.05, 3.63) is 36.0 Å². The topological polar surface area (TPSA) is 91.8 Å². The molecule has 3 N–H and O–H groups in total. The lowest BCUT2D eigenvalue weighted by atomic mass is 9.92. The summed E-state index contributed by atoms with van der Waals surface area (Å²) in [7, 11) is 0. The van der Waals surface area contributed by atoms with Crippen molar-refractivity contribution in [2.24, 2.45) is 11.1 Å². The summed E-state index contributed by atoms with van der Waals surface area (Å²) in [6.45, 7) is 3.94. The quantitative estimate of drug-likeness (QED) is 0.887. The van der Waals surface area contributed by atoms with Gasteiger partial charge < -0.3 is 11.1 Å². The molecule has 0 saturated carbocycles. The number of benzene rings is 1. The number of hydrogen-bond acceptors (Lipinski definition) is 4. The highest BCUT2D eigenvalue weighted by molar-refractivity contribution is 5.92. The van der Waals surface area contributed by atoms with Crippen LogP contribution >= 0.6 is 0 Å². The van der Waals surface area contributed by atoms with Crippen LogP contribution in [0.5, 0.6) is 0 Å². The lowest BCUT2D eigenvalue weighted by Crippen LogP contribution is -2.37. The summed E-state index contributed by atoms with van der Waals surface area (Å²) >= 11 is 0. The van der Waals surface area contributed by atoms with Gasteiger partial charge in [-0.25, -0.2) is 4.98 Å². The lowest BCUT2D eigenvalue weighted by molar-refractivity contribution is -0.125. The van der Waals surface area contributed by atoms with Gasteiger partial charge in [0.2, 0.25) is 5.91 Å². The molecule has 0 bridgehead atoms. The van der Waals surface area contributed by atoms with Gasteiger partial charge in [0.1, 0.15) is 11.8 Å². The average molecular weight is 268 g/mol. The van der Waals surface area contributed by atoms with Crippen molar-refractivity contribution in [1.29, 1.82) is 5.26 Å². The van der Waals surface area contributed by atoms with E-state index in [2.05, 4.69) is 10.3 Å². The second kappa shape index (κ2) is 5.17. The molecule has 2 aromatic rings. The van der Waals surface area contributed by atoms with Crippen LogP contribution in [0.15, 0.2) is 30.3 Å². The molecule has 0 radical (unpaired) electrons. The summed E-state index contributed by atoms with van der Waals surface area (Å²) in [6, 6.07) is 11.3. The number of para-hydroxylation sites is 1. The molecule has 0 atom stereocenters. The number of aromatic nitrogens is 1. The van der Waals surface area contributed by atoms with E-state index < -0.39 is 5.41 Å². The van der Waals surface area contributed by atoms with Crippen molar-refractivity contribution >= 4 is 22.5 Å². The molecule has 1 aromatic heterocycles. The number of anilines is 1. The predicted octanol–water partition coefficient (Wildman–Crippen LogP) is 2.03. The second-order valence-corrected chi connectivity index (χ2v) is 5.29. The molecule has 5 heteroatoms. The molecule has 20 heavy (non-hydrogen) atoms. The van der Waals surface area contributed by atoms with Gasteiger partial charge in [-0.15, -0.1) is 0 Å². The minimum atomic E-state index is -0.669. The third kappa shape index (κ3) is 2.69. The number of rotatable bonds is 4. The molecular formula is C15H16N4O. The Bertz CT molecular complexity index is 701. The molecule has 5 nitrogen and oxygen atoms in total.